The molecule has 3 aromatic rings. The molecule has 0 aliphatic heterocycles. The van der Waals surface area contributed by atoms with Gasteiger partial charge in [0.15, 0.2) is 5.16 Å². The molecule has 1 heterocycles. The highest BCUT2D eigenvalue weighted by Gasteiger charge is 2.24. The summed E-state index contributed by atoms with van der Waals surface area (Å²) in [6.07, 6.45) is 5.21. The lowest BCUT2D eigenvalue weighted by Crippen LogP contribution is -2.11. The van der Waals surface area contributed by atoms with Crippen LogP contribution in [0.1, 0.15) is 16.6 Å². The van der Waals surface area contributed by atoms with Gasteiger partial charge in [-0.25, -0.2) is 4.39 Å². The Balaban J connectivity index is 1.93. The first-order valence-electron chi connectivity index (χ1n) is 8.71. The van der Waals surface area contributed by atoms with Gasteiger partial charge in [-0.15, -0.1) is 16.6 Å². The third-order valence-electron chi connectivity index (χ3n) is 4.08. The van der Waals surface area contributed by atoms with E-state index in [2.05, 4.69) is 32.0 Å². The van der Waals surface area contributed by atoms with Crippen LogP contribution in [0, 0.1) is 35.2 Å². The maximum absolute atomic E-state index is 13.3. The lowest BCUT2D eigenvalue weighted by atomic mass is 10.1. The summed E-state index contributed by atoms with van der Waals surface area (Å²) in [4.78, 5) is 10.9. The standard InChI is InChI=1S/C20H16BrFN4O3S/c1-3-10-29-18-9-4-14(11-17(18)21)19(12-25(27)28)30-20-24-23-13(2)26(20)16-7-5-15(22)6-8-16/h1,4-9,11,19H,10,12H2,2H3/t19-/m1/s1. The molecule has 0 aliphatic carbocycles. The normalized spacial score (nSPS) is 11.7. The van der Waals surface area contributed by atoms with Crippen LogP contribution >= 0.6 is 27.7 Å². The van der Waals surface area contributed by atoms with Gasteiger partial charge in [0, 0.05) is 10.6 Å². The van der Waals surface area contributed by atoms with Crippen molar-refractivity contribution in [2.45, 2.75) is 17.3 Å². The van der Waals surface area contributed by atoms with Crippen molar-refractivity contribution in [2.24, 2.45) is 0 Å². The lowest BCUT2D eigenvalue weighted by molar-refractivity contribution is -0.479. The minimum absolute atomic E-state index is 0.116. The second-order valence-corrected chi connectivity index (χ2v) is 8.17. The molecule has 10 heteroatoms. The Morgan fingerprint density at radius 1 is 1.33 bits per heavy atom. The first-order valence-corrected chi connectivity index (χ1v) is 10.4. The molecule has 0 bridgehead atoms. The molecule has 30 heavy (non-hydrogen) atoms. The van der Waals surface area contributed by atoms with Crippen LogP contribution in [0.4, 0.5) is 4.39 Å². The van der Waals surface area contributed by atoms with Gasteiger partial charge < -0.3 is 4.74 Å². The molecule has 0 radical (unpaired) electrons. The average Bonchev–Trinajstić information content (AvgIpc) is 3.07. The van der Waals surface area contributed by atoms with Crippen molar-refractivity contribution in [3.63, 3.8) is 0 Å². The fourth-order valence-corrected chi connectivity index (χ4v) is 4.41. The van der Waals surface area contributed by atoms with Crippen molar-refractivity contribution in [1.29, 1.82) is 0 Å². The van der Waals surface area contributed by atoms with Gasteiger partial charge in [-0.2, -0.15) is 0 Å². The van der Waals surface area contributed by atoms with Gasteiger partial charge >= 0.3 is 0 Å². The summed E-state index contributed by atoms with van der Waals surface area (Å²) in [5, 5.41) is 19.5. The van der Waals surface area contributed by atoms with Gasteiger partial charge in [-0.05, 0) is 64.8 Å². The SMILES string of the molecule is C#CCOc1ccc([C@@H](C[N+](=O)[O-])Sc2nnc(C)n2-c2ccc(F)cc2)cc1Br. The van der Waals surface area contributed by atoms with E-state index >= 15 is 0 Å². The highest BCUT2D eigenvalue weighted by Crippen LogP contribution is 2.38. The first-order chi connectivity index (χ1) is 14.4. The largest absolute Gasteiger partial charge is 0.480 e. The van der Waals surface area contributed by atoms with Crippen molar-refractivity contribution in [1.82, 2.24) is 14.8 Å². The Morgan fingerprint density at radius 2 is 2.07 bits per heavy atom. The Bertz CT molecular complexity index is 1100. The smallest absolute Gasteiger partial charge is 0.220 e. The number of ether oxygens (including phenoxy) is 1. The molecule has 0 amide bonds. The van der Waals surface area contributed by atoms with Gasteiger partial charge in [0.25, 0.3) is 0 Å². The molecule has 2 aromatic carbocycles. The van der Waals surface area contributed by atoms with E-state index in [4.69, 9.17) is 11.2 Å². The van der Waals surface area contributed by atoms with Crippen molar-refractivity contribution in [3.8, 4) is 23.8 Å². The zero-order chi connectivity index (χ0) is 21.7. The van der Waals surface area contributed by atoms with E-state index in [1.54, 1.807) is 41.8 Å². The molecule has 0 saturated heterocycles. The van der Waals surface area contributed by atoms with Crippen LogP contribution in [0.2, 0.25) is 0 Å². The number of terminal acetylenes is 1. The van der Waals surface area contributed by atoms with Crippen LogP contribution < -0.4 is 4.74 Å². The van der Waals surface area contributed by atoms with Gasteiger partial charge in [-0.1, -0.05) is 23.7 Å². The number of thioether (sulfide) groups is 1. The molecule has 3 rings (SSSR count). The third kappa shape index (κ3) is 5.17. The summed E-state index contributed by atoms with van der Waals surface area (Å²) in [6, 6.07) is 11.1. The van der Waals surface area contributed by atoms with Crippen molar-refractivity contribution < 1.29 is 14.1 Å². The summed E-state index contributed by atoms with van der Waals surface area (Å²) in [6.45, 7) is 1.55. The number of hydrogen-bond acceptors (Lipinski definition) is 6. The minimum Gasteiger partial charge on any atom is -0.480 e. The molecule has 0 unspecified atom stereocenters. The fourth-order valence-electron chi connectivity index (χ4n) is 2.73. The molecule has 7 nitrogen and oxygen atoms in total. The van der Waals surface area contributed by atoms with Crippen LogP contribution in [-0.4, -0.2) is 32.8 Å². The number of aryl methyl sites for hydroxylation is 1. The fraction of sp³-hybridized carbons (Fsp3) is 0.200. The Kier molecular flexibility index (Phi) is 7.07. The summed E-state index contributed by atoms with van der Waals surface area (Å²) >= 11 is 4.63. The summed E-state index contributed by atoms with van der Waals surface area (Å²) < 4.78 is 21.1. The summed E-state index contributed by atoms with van der Waals surface area (Å²) in [5.41, 5.74) is 1.38. The highest BCUT2D eigenvalue weighted by molar-refractivity contribution is 9.10. The number of hydrogen-bond donors (Lipinski definition) is 0. The Morgan fingerprint density at radius 3 is 2.70 bits per heavy atom. The van der Waals surface area contributed by atoms with Crippen LogP contribution in [0.25, 0.3) is 5.69 Å². The van der Waals surface area contributed by atoms with Gasteiger partial charge in [-0.3, -0.25) is 14.7 Å². The van der Waals surface area contributed by atoms with E-state index in [9.17, 15) is 14.5 Å². The Labute approximate surface area is 184 Å². The summed E-state index contributed by atoms with van der Waals surface area (Å²) in [7, 11) is 0. The van der Waals surface area contributed by atoms with Crippen molar-refractivity contribution >= 4 is 27.7 Å². The second kappa shape index (κ2) is 9.73. The maximum atomic E-state index is 13.3. The molecule has 1 atom stereocenters. The molecule has 0 saturated carbocycles. The number of rotatable bonds is 8. The van der Waals surface area contributed by atoms with E-state index in [1.807, 2.05) is 0 Å². The second-order valence-electron chi connectivity index (χ2n) is 6.15. The van der Waals surface area contributed by atoms with E-state index in [1.165, 1.54) is 23.9 Å². The zero-order valence-electron chi connectivity index (χ0n) is 15.8. The van der Waals surface area contributed by atoms with E-state index in [-0.39, 0.29) is 23.9 Å². The quantitative estimate of drug-likeness (QED) is 0.198. The predicted molar refractivity (Wildman–Crippen MR) is 115 cm³/mol. The monoisotopic (exact) mass is 490 g/mol. The maximum Gasteiger partial charge on any atom is 0.220 e. The van der Waals surface area contributed by atoms with Crippen molar-refractivity contribution in [3.05, 3.63) is 74.3 Å². The van der Waals surface area contributed by atoms with Gasteiger partial charge in [0.05, 0.1) is 4.47 Å². The predicted octanol–water partition coefficient (Wildman–Crippen LogP) is 4.60. The van der Waals surface area contributed by atoms with Gasteiger partial charge in [0.2, 0.25) is 6.54 Å². The zero-order valence-corrected chi connectivity index (χ0v) is 18.2. The average molecular weight is 491 g/mol. The van der Waals surface area contributed by atoms with Crippen LogP contribution in [0.3, 0.4) is 0 Å². The molecule has 1 aromatic heterocycles. The topological polar surface area (TPSA) is 83.1 Å². The van der Waals surface area contributed by atoms with E-state index in [0.29, 0.717) is 32.5 Å². The summed E-state index contributed by atoms with van der Waals surface area (Å²) in [5.74, 6) is 3.16. The number of halogens is 2. The number of benzene rings is 2. The Hall–Kier alpha value is -2.90. The molecule has 0 N–H and O–H groups in total. The highest BCUT2D eigenvalue weighted by atomic mass is 79.9. The van der Waals surface area contributed by atoms with Crippen LogP contribution in [0.15, 0.2) is 52.1 Å². The molecular formula is C20H16BrFN4O3S. The lowest BCUT2D eigenvalue weighted by Gasteiger charge is -2.15. The van der Waals surface area contributed by atoms with Crippen molar-refractivity contribution in [2.75, 3.05) is 13.2 Å². The van der Waals surface area contributed by atoms with E-state index in [0.717, 1.165) is 0 Å². The van der Waals surface area contributed by atoms with Gasteiger partial charge in [0.1, 0.15) is 29.2 Å². The molecular weight excluding hydrogens is 475 g/mol. The number of nitro groups is 1. The molecule has 154 valence electrons. The third-order valence-corrected chi connectivity index (χ3v) is 5.88. The number of aromatic nitrogens is 3. The first kappa shape index (κ1) is 21.8. The minimum atomic E-state index is -0.541. The number of nitrogens with zero attached hydrogens (tertiary/aromatic N) is 4. The van der Waals surface area contributed by atoms with E-state index < -0.39 is 5.25 Å². The molecule has 0 aliphatic rings. The molecule has 0 spiro atoms. The van der Waals surface area contributed by atoms with Crippen LogP contribution in [0.5, 0.6) is 5.75 Å². The van der Waals surface area contributed by atoms with Crippen LogP contribution in [-0.2, 0) is 0 Å². The molecule has 0 fully saturated rings.